The average Bonchev–Trinajstić information content (AvgIpc) is 3.19. The summed E-state index contributed by atoms with van der Waals surface area (Å²) in [6, 6.07) is 7.36. The second-order valence-corrected chi connectivity index (χ2v) is 6.21. The van der Waals surface area contributed by atoms with Crippen LogP contribution in [0.3, 0.4) is 0 Å². The van der Waals surface area contributed by atoms with Gasteiger partial charge in [-0.25, -0.2) is 0 Å². The molecule has 0 bridgehead atoms. The summed E-state index contributed by atoms with van der Waals surface area (Å²) >= 11 is 0. The van der Waals surface area contributed by atoms with Crippen molar-refractivity contribution in [1.82, 2.24) is 15.0 Å². The largest absolute Gasteiger partial charge is 0.371 e. The molecule has 7 nitrogen and oxygen atoms in total. The quantitative estimate of drug-likeness (QED) is 0.782. The molecule has 0 unspecified atom stereocenters. The van der Waals surface area contributed by atoms with Crippen LogP contribution in [-0.2, 0) is 26.5 Å². The van der Waals surface area contributed by atoms with Gasteiger partial charge in [0.2, 0.25) is 17.6 Å². The van der Waals surface area contributed by atoms with E-state index in [0.717, 1.165) is 11.1 Å². The van der Waals surface area contributed by atoms with Gasteiger partial charge in [0.25, 0.3) is 5.89 Å². The molecule has 0 aliphatic carbocycles. The van der Waals surface area contributed by atoms with Crippen LogP contribution in [0.2, 0.25) is 0 Å². The number of benzene rings is 1. The van der Waals surface area contributed by atoms with Gasteiger partial charge in [-0.3, -0.25) is 14.5 Å². The van der Waals surface area contributed by atoms with Gasteiger partial charge >= 0.3 is 0 Å². The van der Waals surface area contributed by atoms with Gasteiger partial charge < -0.3 is 9.26 Å². The Morgan fingerprint density at radius 1 is 1.17 bits per heavy atom. The van der Waals surface area contributed by atoms with E-state index in [1.165, 1.54) is 4.90 Å². The monoisotopic (exact) mass is 329 g/mol. The number of carbonyl (C=O) groups excluding carboxylic acids is 2. The first-order valence-corrected chi connectivity index (χ1v) is 7.72. The van der Waals surface area contributed by atoms with Crippen molar-refractivity contribution < 1.29 is 18.8 Å². The highest BCUT2D eigenvalue weighted by Gasteiger charge is 2.29. The van der Waals surface area contributed by atoms with Crippen LogP contribution in [0.5, 0.6) is 0 Å². The number of amides is 2. The number of rotatable bonds is 5. The molecule has 0 spiro atoms. The van der Waals surface area contributed by atoms with E-state index in [9.17, 15) is 9.59 Å². The third kappa shape index (κ3) is 3.07. The second kappa shape index (κ2) is 6.16. The van der Waals surface area contributed by atoms with Gasteiger partial charge in [-0.1, -0.05) is 17.3 Å². The molecular formula is C17H19N3O4. The summed E-state index contributed by atoms with van der Waals surface area (Å²) in [5, 5.41) is 3.95. The van der Waals surface area contributed by atoms with E-state index in [1.54, 1.807) is 7.11 Å². The third-order valence-electron chi connectivity index (χ3n) is 4.17. The first-order valence-electron chi connectivity index (χ1n) is 7.72. The van der Waals surface area contributed by atoms with Crippen LogP contribution in [-0.4, -0.2) is 34.0 Å². The highest BCUT2D eigenvalue weighted by molar-refractivity contribution is 6.01. The fourth-order valence-electron chi connectivity index (χ4n) is 2.41. The lowest BCUT2D eigenvalue weighted by Crippen LogP contribution is -2.28. The number of ether oxygens (including phenoxy) is 1. The number of hydrogen-bond acceptors (Lipinski definition) is 6. The van der Waals surface area contributed by atoms with Gasteiger partial charge in [0.1, 0.15) is 5.60 Å². The van der Waals surface area contributed by atoms with Crippen LogP contribution in [0.1, 0.15) is 38.1 Å². The molecule has 7 heteroatoms. The predicted octanol–water partition coefficient (Wildman–Crippen LogP) is 2.27. The zero-order chi connectivity index (χ0) is 17.3. The summed E-state index contributed by atoms with van der Waals surface area (Å²) in [5.74, 6) is 0.632. The van der Waals surface area contributed by atoms with Crippen molar-refractivity contribution in [3.05, 3.63) is 35.7 Å². The summed E-state index contributed by atoms with van der Waals surface area (Å²) in [5.41, 5.74) is 1.01. The van der Waals surface area contributed by atoms with Gasteiger partial charge in [0, 0.05) is 25.5 Å². The highest BCUT2D eigenvalue weighted by atomic mass is 16.5. The lowest BCUT2D eigenvalue weighted by molar-refractivity contribution is -0.139. The van der Waals surface area contributed by atoms with Crippen molar-refractivity contribution in [3.8, 4) is 11.5 Å². The van der Waals surface area contributed by atoms with Crippen LogP contribution < -0.4 is 0 Å². The van der Waals surface area contributed by atoms with Crippen LogP contribution in [0.25, 0.3) is 11.5 Å². The van der Waals surface area contributed by atoms with Gasteiger partial charge in [-0.15, -0.1) is 0 Å². The summed E-state index contributed by atoms with van der Waals surface area (Å²) in [6.07, 6.45) is 0.605. The number of hydrogen-bond donors (Lipinski definition) is 0. The Morgan fingerprint density at radius 3 is 2.38 bits per heavy atom. The van der Waals surface area contributed by atoms with E-state index in [2.05, 4.69) is 10.1 Å². The maximum absolute atomic E-state index is 11.7. The van der Waals surface area contributed by atoms with Crippen molar-refractivity contribution in [2.75, 3.05) is 7.11 Å². The van der Waals surface area contributed by atoms with Crippen molar-refractivity contribution in [2.24, 2.45) is 0 Å². The zero-order valence-electron chi connectivity index (χ0n) is 13.9. The molecule has 3 rings (SSSR count). The van der Waals surface area contributed by atoms with Crippen LogP contribution in [0.15, 0.2) is 28.8 Å². The van der Waals surface area contributed by atoms with Gasteiger partial charge in [0.15, 0.2) is 0 Å². The maximum atomic E-state index is 11.7. The number of nitrogens with zero attached hydrogens (tertiary/aromatic N) is 3. The van der Waals surface area contributed by atoms with Crippen molar-refractivity contribution >= 4 is 11.8 Å². The lowest BCUT2D eigenvalue weighted by atomic mass is 10.1. The Balaban J connectivity index is 1.75. The predicted molar refractivity (Wildman–Crippen MR) is 84.6 cm³/mol. The van der Waals surface area contributed by atoms with E-state index in [-0.39, 0.29) is 11.8 Å². The molecule has 1 aromatic carbocycles. The summed E-state index contributed by atoms with van der Waals surface area (Å²) in [7, 11) is 1.59. The molecule has 1 saturated heterocycles. The van der Waals surface area contributed by atoms with Crippen molar-refractivity contribution in [1.29, 1.82) is 0 Å². The molecule has 126 valence electrons. The fraction of sp³-hybridized carbons (Fsp3) is 0.412. The molecule has 1 aliphatic rings. The third-order valence-corrected chi connectivity index (χ3v) is 4.17. The lowest BCUT2D eigenvalue weighted by Gasteiger charge is -2.17. The summed E-state index contributed by atoms with van der Waals surface area (Å²) in [6.45, 7) is 4.01. The second-order valence-electron chi connectivity index (χ2n) is 6.21. The van der Waals surface area contributed by atoms with E-state index in [4.69, 9.17) is 9.26 Å². The summed E-state index contributed by atoms with van der Waals surface area (Å²) in [4.78, 5) is 29.0. The van der Waals surface area contributed by atoms with E-state index in [0.29, 0.717) is 31.1 Å². The SMILES string of the molecule is COC(C)(C)c1noc(-c2ccc(CN3C(=O)CCC3=O)cc2)n1. The number of imide groups is 1. The maximum Gasteiger partial charge on any atom is 0.258 e. The van der Waals surface area contributed by atoms with Crippen LogP contribution in [0, 0.1) is 0 Å². The number of carbonyl (C=O) groups is 2. The fourth-order valence-corrected chi connectivity index (χ4v) is 2.41. The minimum Gasteiger partial charge on any atom is -0.371 e. The molecule has 1 aliphatic heterocycles. The molecule has 2 aromatic rings. The van der Waals surface area contributed by atoms with E-state index >= 15 is 0 Å². The zero-order valence-corrected chi connectivity index (χ0v) is 13.9. The summed E-state index contributed by atoms with van der Waals surface area (Å²) < 4.78 is 10.6. The highest BCUT2D eigenvalue weighted by Crippen LogP contribution is 2.25. The van der Waals surface area contributed by atoms with Gasteiger partial charge in [-0.05, 0) is 31.5 Å². The molecule has 0 saturated carbocycles. The van der Waals surface area contributed by atoms with E-state index < -0.39 is 5.60 Å². The molecule has 24 heavy (non-hydrogen) atoms. The number of methoxy groups -OCH3 is 1. The molecule has 2 amide bonds. The Labute approximate surface area is 139 Å². The first kappa shape index (κ1) is 16.3. The topological polar surface area (TPSA) is 85.5 Å². The minimum atomic E-state index is -0.627. The van der Waals surface area contributed by atoms with Gasteiger partial charge in [-0.2, -0.15) is 4.98 Å². The Morgan fingerprint density at radius 2 is 1.79 bits per heavy atom. The molecule has 2 heterocycles. The molecule has 0 atom stereocenters. The van der Waals surface area contributed by atoms with Crippen molar-refractivity contribution in [2.45, 2.75) is 38.8 Å². The number of likely N-dealkylation sites (tertiary alicyclic amines) is 1. The van der Waals surface area contributed by atoms with Gasteiger partial charge in [0.05, 0.1) is 6.54 Å². The minimum absolute atomic E-state index is 0.118. The first-order chi connectivity index (χ1) is 11.4. The van der Waals surface area contributed by atoms with Crippen molar-refractivity contribution in [3.63, 3.8) is 0 Å². The number of aromatic nitrogens is 2. The molecular weight excluding hydrogens is 310 g/mol. The van der Waals surface area contributed by atoms with Crippen LogP contribution >= 0.6 is 0 Å². The smallest absolute Gasteiger partial charge is 0.258 e. The molecule has 1 aromatic heterocycles. The normalized spacial score (nSPS) is 15.4. The molecule has 0 radical (unpaired) electrons. The Bertz CT molecular complexity index is 748. The molecule has 0 N–H and O–H groups in total. The Kier molecular flexibility index (Phi) is 4.19. The standard InChI is InChI=1S/C17H19N3O4/c1-17(2,23-3)16-18-15(24-19-16)12-6-4-11(5-7-12)10-20-13(21)8-9-14(20)22/h4-7H,8-10H2,1-3H3. The van der Waals surface area contributed by atoms with E-state index in [1.807, 2.05) is 38.1 Å². The van der Waals surface area contributed by atoms with Crippen LogP contribution in [0.4, 0.5) is 0 Å². The average molecular weight is 329 g/mol. The Hall–Kier alpha value is -2.54. The molecule has 1 fully saturated rings.